The van der Waals surface area contributed by atoms with Crippen molar-refractivity contribution < 1.29 is 14.3 Å². The van der Waals surface area contributed by atoms with Gasteiger partial charge in [0, 0.05) is 23.7 Å². The third-order valence-electron chi connectivity index (χ3n) is 2.42. The van der Waals surface area contributed by atoms with Gasteiger partial charge in [0.2, 0.25) is 5.91 Å². The fourth-order valence-corrected chi connectivity index (χ4v) is 1.87. The molecule has 0 radical (unpaired) electrons. The average Bonchev–Trinajstić information content (AvgIpc) is 2.43. The fourth-order valence-electron chi connectivity index (χ4n) is 1.51. The molecule has 1 rings (SSSR count). The molecule has 4 N–H and O–H groups in total. The highest BCUT2D eigenvalue weighted by molar-refractivity contribution is 7.80. The summed E-state index contributed by atoms with van der Waals surface area (Å²) in [7, 11) is 0. The second-order valence-electron chi connectivity index (χ2n) is 5.82. The molecule has 0 heterocycles. The molecule has 1 aromatic carbocycles. The average molecular weight is 373 g/mol. The van der Waals surface area contributed by atoms with E-state index in [0.29, 0.717) is 10.7 Å². The number of halogens is 1. The number of hydrogen-bond acceptors (Lipinski definition) is 4. The Kier molecular flexibility index (Phi) is 7.73. The third kappa shape index (κ3) is 9.16. The van der Waals surface area contributed by atoms with Crippen LogP contribution in [0.2, 0.25) is 5.02 Å². The summed E-state index contributed by atoms with van der Waals surface area (Å²) < 4.78 is 5.05. The Morgan fingerprint density at radius 2 is 1.96 bits per heavy atom. The minimum atomic E-state index is -0.577. The van der Waals surface area contributed by atoms with E-state index in [1.54, 1.807) is 45.0 Å². The molecule has 0 spiro atoms. The smallest absolute Gasteiger partial charge is 0.407 e. The molecule has 0 aliphatic rings. The van der Waals surface area contributed by atoms with Crippen molar-refractivity contribution in [2.45, 2.75) is 32.8 Å². The first kappa shape index (κ1) is 20.0. The largest absolute Gasteiger partial charge is 0.444 e. The van der Waals surface area contributed by atoms with Gasteiger partial charge < -0.3 is 15.4 Å². The van der Waals surface area contributed by atoms with Gasteiger partial charge in [0.25, 0.3) is 0 Å². The molecule has 1 aromatic rings. The van der Waals surface area contributed by atoms with Crippen LogP contribution in [0, 0.1) is 0 Å². The van der Waals surface area contributed by atoms with Crippen LogP contribution >= 0.6 is 23.8 Å². The number of alkyl carbamates (subject to hydrolysis) is 1. The molecule has 7 nitrogen and oxygen atoms in total. The van der Waals surface area contributed by atoms with Gasteiger partial charge in [-0.1, -0.05) is 17.7 Å². The second kappa shape index (κ2) is 9.29. The molecule has 132 valence electrons. The molecule has 24 heavy (non-hydrogen) atoms. The van der Waals surface area contributed by atoms with Gasteiger partial charge in [-0.2, -0.15) is 0 Å². The number of benzene rings is 1. The Bertz CT molecular complexity index is 605. The lowest BCUT2D eigenvalue weighted by molar-refractivity contribution is -0.121. The SMILES string of the molecule is CC(C)(C)OC(=O)NCCC(=O)NNC(=S)Nc1cccc(Cl)c1. The molecule has 0 fully saturated rings. The zero-order valence-corrected chi connectivity index (χ0v) is 15.3. The Morgan fingerprint density at radius 3 is 2.58 bits per heavy atom. The summed E-state index contributed by atoms with van der Waals surface area (Å²) in [5.41, 5.74) is 5.10. The van der Waals surface area contributed by atoms with Crippen LogP contribution in [-0.2, 0) is 9.53 Å². The first-order chi connectivity index (χ1) is 11.2. The third-order valence-corrected chi connectivity index (χ3v) is 2.86. The van der Waals surface area contributed by atoms with Crippen LogP contribution in [-0.4, -0.2) is 29.3 Å². The van der Waals surface area contributed by atoms with Crippen molar-refractivity contribution >= 4 is 46.6 Å². The maximum Gasteiger partial charge on any atom is 0.407 e. The minimum absolute atomic E-state index is 0.0754. The highest BCUT2D eigenvalue weighted by Gasteiger charge is 2.15. The molecule has 0 atom stereocenters. The number of amides is 2. The van der Waals surface area contributed by atoms with E-state index in [0.717, 1.165) is 0 Å². The number of thiocarbonyl (C=S) groups is 1. The zero-order chi connectivity index (χ0) is 18.2. The maximum absolute atomic E-state index is 11.6. The topological polar surface area (TPSA) is 91.5 Å². The standard InChI is InChI=1S/C15H21ClN4O3S/c1-15(2,3)23-14(22)17-8-7-12(21)19-20-13(24)18-11-6-4-5-10(16)9-11/h4-6,9H,7-8H2,1-3H3,(H,17,22)(H,19,21)(H2,18,20,24). The number of carbonyl (C=O) groups is 2. The molecule has 0 unspecified atom stereocenters. The molecular weight excluding hydrogens is 352 g/mol. The Balaban J connectivity index is 2.21. The van der Waals surface area contributed by atoms with Crippen molar-refractivity contribution in [1.29, 1.82) is 0 Å². The molecule has 2 amide bonds. The number of carbonyl (C=O) groups excluding carboxylic acids is 2. The number of hydrazine groups is 1. The van der Waals surface area contributed by atoms with Crippen molar-refractivity contribution in [3.63, 3.8) is 0 Å². The monoisotopic (exact) mass is 372 g/mol. The van der Waals surface area contributed by atoms with E-state index in [1.807, 2.05) is 0 Å². The number of nitrogens with one attached hydrogen (secondary N) is 4. The maximum atomic E-state index is 11.6. The van der Waals surface area contributed by atoms with Crippen LogP contribution in [0.3, 0.4) is 0 Å². The molecule has 0 aliphatic carbocycles. The van der Waals surface area contributed by atoms with Crippen LogP contribution < -0.4 is 21.5 Å². The fraction of sp³-hybridized carbons (Fsp3) is 0.400. The quantitative estimate of drug-likeness (QED) is 0.479. The lowest BCUT2D eigenvalue weighted by Gasteiger charge is -2.19. The van der Waals surface area contributed by atoms with Crippen LogP contribution in [0.1, 0.15) is 27.2 Å². The minimum Gasteiger partial charge on any atom is -0.444 e. The number of hydrogen-bond donors (Lipinski definition) is 4. The predicted molar refractivity (Wildman–Crippen MR) is 97.8 cm³/mol. The van der Waals surface area contributed by atoms with E-state index in [2.05, 4.69) is 21.5 Å². The number of anilines is 1. The van der Waals surface area contributed by atoms with Gasteiger partial charge in [0.15, 0.2) is 5.11 Å². The van der Waals surface area contributed by atoms with Crippen LogP contribution in [0.15, 0.2) is 24.3 Å². The summed E-state index contributed by atoms with van der Waals surface area (Å²) in [6, 6.07) is 6.99. The van der Waals surface area contributed by atoms with Gasteiger partial charge in [-0.15, -0.1) is 0 Å². The summed E-state index contributed by atoms with van der Waals surface area (Å²) in [5, 5.41) is 6.14. The number of rotatable bonds is 4. The highest BCUT2D eigenvalue weighted by Crippen LogP contribution is 2.14. The molecule has 0 saturated heterocycles. The van der Waals surface area contributed by atoms with Gasteiger partial charge in [-0.05, 0) is 51.2 Å². The van der Waals surface area contributed by atoms with E-state index in [1.165, 1.54) is 0 Å². The summed E-state index contributed by atoms with van der Waals surface area (Å²) in [6.07, 6.45) is -0.493. The van der Waals surface area contributed by atoms with E-state index >= 15 is 0 Å². The molecule has 0 aliphatic heterocycles. The first-order valence-corrected chi connectivity index (χ1v) is 8.02. The zero-order valence-electron chi connectivity index (χ0n) is 13.7. The van der Waals surface area contributed by atoms with Crippen LogP contribution in [0.5, 0.6) is 0 Å². The lowest BCUT2D eigenvalue weighted by Crippen LogP contribution is -2.44. The van der Waals surface area contributed by atoms with Crippen molar-refractivity contribution in [2.75, 3.05) is 11.9 Å². The lowest BCUT2D eigenvalue weighted by atomic mass is 10.2. The Labute approximate surface area is 151 Å². The van der Waals surface area contributed by atoms with Gasteiger partial charge in [-0.3, -0.25) is 15.6 Å². The molecule has 0 aromatic heterocycles. The molecule has 9 heteroatoms. The summed E-state index contributed by atoms with van der Waals surface area (Å²) in [4.78, 5) is 23.1. The van der Waals surface area contributed by atoms with Gasteiger partial charge >= 0.3 is 6.09 Å². The predicted octanol–water partition coefficient (Wildman–Crippen LogP) is 2.57. The Hall–Kier alpha value is -2.06. The van der Waals surface area contributed by atoms with Gasteiger partial charge in [0.1, 0.15) is 5.60 Å². The Morgan fingerprint density at radius 1 is 1.25 bits per heavy atom. The highest BCUT2D eigenvalue weighted by atomic mass is 35.5. The normalized spacial score (nSPS) is 10.5. The van der Waals surface area contributed by atoms with Crippen LogP contribution in [0.25, 0.3) is 0 Å². The molecule has 0 saturated carbocycles. The van der Waals surface area contributed by atoms with E-state index in [9.17, 15) is 9.59 Å². The van der Waals surface area contributed by atoms with E-state index in [-0.39, 0.29) is 24.0 Å². The molecule has 0 bridgehead atoms. The summed E-state index contributed by atoms with van der Waals surface area (Å²) in [6.45, 7) is 5.43. The van der Waals surface area contributed by atoms with E-state index < -0.39 is 11.7 Å². The number of ether oxygens (including phenoxy) is 1. The first-order valence-electron chi connectivity index (χ1n) is 7.24. The summed E-state index contributed by atoms with van der Waals surface area (Å²) >= 11 is 10.9. The van der Waals surface area contributed by atoms with Crippen molar-refractivity contribution in [3.05, 3.63) is 29.3 Å². The van der Waals surface area contributed by atoms with Crippen molar-refractivity contribution in [3.8, 4) is 0 Å². The van der Waals surface area contributed by atoms with E-state index in [4.69, 9.17) is 28.6 Å². The molecular formula is C15H21ClN4O3S. The second-order valence-corrected chi connectivity index (χ2v) is 6.66. The van der Waals surface area contributed by atoms with Crippen molar-refractivity contribution in [1.82, 2.24) is 16.2 Å². The van der Waals surface area contributed by atoms with Crippen LogP contribution in [0.4, 0.5) is 10.5 Å². The van der Waals surface area contributed by atoms with Gasteiger partial charge in [-0.25, -0.2) is 4.79 Å². The summed E-state index contributed by atoms with van der Waals surface area (Å²) in [5.74, 6) is -0.332. The van der Waals surface area contributed by atoms with Gasteiger partial charge in [0.05, 0.1) is 0 Å². The van der Waals surface area contributed by atoms with Crippen molar-refractivity contribution in [2.24, 2.45) is 0 Å².